The molecule has 3 rings (SSSR count). The third-order valence-corrected chi connectivity index (χ3v) is 6.83. The number of hydrogen-bond donors (Lipinski definition) is 1. The molecule has 1 atom stereocenters. The molecule has 2 amide bonds. The van der Waals surface area contributed by atoms with E-state index in [-0.39, 0.29) is 24.5 Å². The van der Waals surface area contributed by atoms with Crippen LogP contribution in [-0.4, -0.2) is 83.5 Å². The average molecular weight is 468 g/mol. The van der Waals surface area contributed by atoms with E-state index in [0.717, 1.165) is 31.5 Å². The lowest BCUT2D eigenvalue weighted by Crippen LogP contribution is -2.43. The molecule has 31 heavy (non-hydrogen) atoms. The van der Waals surface area contributed by atoms with Gasteiger partial charge in [0.15, 0.2) is 0 Å². The topological polar surface area (TPSA) is 64.1 Å². The van der Waals surface area contributed by atoms with Gasteiger partial charge in [-0.15, -0.1) is 0 Å². The molecule has 2 fully saturated rings. The molecule has 2 saturated heterocycles. The summed E-state index contributed by atoms with van der Waals surface area (Å²) in [7, 11) is 0. The number of amides is 2. The van der Waals surface area contributed by atoms with Gasteiger partial charge in [-0.05, 0) is 49.6 Å². The molecule has 0 aromatic heterocycles. The number of carbonyl (C=O) groups excluding carboxylic acids is 2. The Labute approximate surface area is 194 Å². The van der Waals surface area contributed by atoms with Crippen molar-refractivity contribution in [1.82, 2.24) is 14.7 Å². The van der Waals surface area contributed by atoms with Gasteiger partial charge in [0.25, 0.3) is 0 Å². The molecule has 170 valence electrons. The maximum absolute atomic E-state index is 12.6. The molecule has 1 aromatic rings. The molecule has 2 aliphatic heterocycles. The summed E-state index contributed by atoms with van der Waals surface area (Å²) in [5, 5.41) is 10.5. The Morgan fingerprint density at radius 3 is 2.71 bits per heavy atom. The first-order valence-electron chi connectivity index (χ1n) is 11.0. The Balaban J connectivity index is 1.47. The number of nitrogens with zero attached hydrogens (tertiary/aromatic N) is 3. The summed E-state index contributed by atoms with van der Waals surface area (Å²) in [6, 6.07) is 5.47. The largest absolute Gasteiger partial charge is 0.395 e. The minimum Gasteiger partial charge on any atom is -0.395 e. The minimum atomic E-state index is -0.111. The van der Waals surface area contributed by atoms with Gasteiger partial charge in [-0.25, -0.2) is 0 Å². The Bertz CT molecular complexity index is 802. The van der Waals surface area contributed by atoms with Crippen LogP contribution in [0, 0.1) is 0 Å². The highest BCUT2D eigenvalue weighted by molar-refractivity contribution is 6.42. The van der Waals surface area contributed by atoms with Gasteiger partial charge in [0.2, 0.25) is 11.8 Å². The van der Waals surface area contributed by atoms with E-state index in [2.05, 4.69) is 4.90 Å². The van der Waals surface area contributed by atoms with Crippen LogP contribution in [0.4, 0.5) is 0 Å². The SMILES string of the molecule is O=C(C=Cc1ccc(Cl)c(Cl)c1)N1CCC(=O)N(CCCN2CCCCC2CO)CC1. The van der Waals surface area contributed by atoms with Crippen LogP contribution in [-0.2, 0) is 9.59 Å². The molecule has 6 nitrogen and oxygen atoms in total. The molecule has 2 heterocycles. The van der Waals surface area contributed by atoms with E-state index in [1.165, 1.54) is 18.9 Å². The zero-order valence-electron chi connectivity index (χ0n) is 17.8. The van der Waals surface area contributed by atoms with Gasteiger partial charge < -0.3 is 14.9 Å². The van der Waals surface area contributed by atoms with E-state index in [9.17, 15) is 14.7 Å². The minimum absolute atomic E-state index is 0.0983. The fourth-order valence-electron chi connectivity index (χ4n) is 4.24. The third-order valence-electron chi connectivity index (χ3n) is 6.09. The smallest absolute Gasteiger partial charge is 0.246 e. The number of rotatable bonds is 7. The summed E-state index contributed by atoms with van der Waals surface area (Å²) in [4.78, 5) is 31.1. The molecular weight excluding hydrogens is 437 g/mol. The number of aliphatic hydroxyl groups is 1. The van der Waals surface area contributed by atoms with Gasteiger partial charge in [0, 0.05) is 51.3 Å². The average Bonchev–Trinajstić information content (AvgIpc) is 2.96. The van der Waals surface area contributed by atoms with Gasteiger partial charge in [-0.2, -0.15) is 0 Å². The first-order chi connectivity index (χ1) is 15.0. The summed E-state index contributed by atoms with van der Waals surface area (Å²) in [5.74, 6) is -0.0130. The van der Waals surface area contributed by atoms with Crippen LogP contribution < -0.4 is 0 Å². The van der Waals surface area contributed by atoms with Crippen molar-refractivity contribution in [2.75, 3.05) is 45.9 Å². The van der Waals surface area contributed by atoms with E-state index in [1.54, 1.807) is 29.2 Å². The molecule has 1 unspecified atom stereocenters. The Morgan fingerprint density at radius 1 is 1.10 bits per heavy atom. The van der Waals surface area contributed by atoms with Crippen molar-refractivity contribution in [3.05, 3.63) is 39.9 Å². The van der Waals surface area contributed by atoms with E-state index in [1.807, 2.05) is 4.90 Å². The van der Waals surface area contributed by atoms with Crippen LogP contribution in [0.3, 0.4) is 0 Å². The van der Waals surface area contributed by atoms with Gasteiger partial charge in [0.1, 0.15) is 0 Å². The molecule has 2 aliphatic rings. The highest BCUT2D eigenvalue weighted by Crippen LogP contribution is 2.23. The van der Waals surface area contributed by atoms with Crippen molar-refractivity contribution >= 4 is 41.1 Å². The number of likely N-dealkylation sites (tertiary alicyclic amines) is 1. The first kappa shape index (κ1) is 24.1. The third kappa shape index (κ3) is 6.94. The van der Waals surface area contributed by atoms with Crippen molar-refractivity contribution in [1.29, 1.82) is 0 Å². The highest BCUT2D eigenvalue weighted by atomic mass is 35.5. The second-order valence-electron chi connectivity index (χ2n) is 8.18. The van der Waals surface area contributed by atoms with Crippen LogP contribution >= 0.6 is 23.2 Å². The normalized spacial score (nSPS) is 21.0. The molecule has 0 spiro atoms. The number of carbonyl (C=O) groups is 2. The van der Waals surface area contributed by atoms with Crippen molar-refractivity contribution in [2.45, 2.75) is 38.1 Å². The fraction of sp³-hybridized carbons (Fsp3) is 0.565. The number of piperidine rings is 1. The molecule has 0 radical (unpaired) electrons. The molecular formula is C23H31Cl2N3O3. The zero-order chi connectivity index (χ0) is 22.2. The van der Waals surface area contributed by atoms with Crippen LogP contribution in [0.25, 0.3) is 6.08 Å². The predicted octanol–water partition coefficient (Wildman–Crippen LogP) is 3.30. The molecule has 0 bridgehead atoms. The quantitative estimate of drug-likeness (QED) is 0.624. The molecule has 0 aliphatic carbocycles. The molecule has 1 aromatic carbocycles. The van der Waals surface area contributed by atoms with Gasteiger partial charge in [0.05, 0.1) is 16.7 Å². The second-order valence-corrected chi connectivity index (χ2v) is 9.00. The van der Waals surface area contributed by atoms with Crippen LogP contribution in [0.15, 0.2) is 24.3 Å². The first-order valence-corrected chi connectivity index (χ1v) is 11.8. The fourth-order valence-corrected chi connectivity index (χ4v) is 4.54. The highest BCUT2D eigenvalue weighted by Gasteiger charge is 2.24. The maximum atomic E-state index is 12.6. The summed E-state index contributed by atoms with van der Waals surface area (Å²) in [5.41, 5.74) is 0.800. The van der Waals surface area contributed by atoms with Gasteiger partial charge >= 0.3 is 0 Å². The van der Waals surface area contributed by atoms with Crippen molar-refractivity contribution < 1.29 is 14.7 Å². The van der Waals surface area contributed by atoms with Crippen LogP contribution in [0.1, 0.15) is 37.7 Å². The lowest BCUT2D eigenvalue weighted by atomic mass is 10.0. The van der Waals surface area contributed by atoms with E-state index in [0.29, 0.717) is 42.6 Å². The lowest BCUT2D eigenvalue weighted by Gasteiger charge is -2.35. The number of benzene rings is 1. The summed E-state index contributed by atoms with van der Waals surface area (Å²) < 4.78 is 0. The van der Waals surface area contributed by atoms with Crippen molar-refractivity contribution in [3.63, 3.8) is 0 Å². The lowest BCUT2D eigenvalue weighted by molar-refractivity contribution is -0.130. The number of aliphatic hydroxyl groups excluding tert-OH is 1. The number of hydrogen-bond acceptors (Lipinski definition) is 4. The molecule has 8 heteroatoms. The Kier molecular flexibility index (Phi) is 9.20. The molecule has 0 saturated carbocycles. The second kappa shape index (κ2) is 11.9. The standard InChI is InChI=1S/C23H31Cl2N3O3/c24-20-7-5-18(16-21(20)25)6-8-22(30)28-13-9-23(31)27(14-15-28)12-3-11-26-10-2-1-4-19(26)17-29/h5-8,16,19,29H,1-4,9-15,17H2. The van der Waals surface area contributed by atoms with E-state index < -0.39 is 0 Å². The summed E-state index contributed by atoms with van der Waals surface area (Å²) in [6.07, 6.45) is 7.85. The number of halogens is 2. The van der Waals surface area contributed by atoms with Crippen molar-refractivity contribution in [2.24, 2.45) is 0 Å². The summed E-state index contributed by atoms with van der Waals surface area (Å²) in [6.45, 7) is 4.31. The predicted molar refractivity (Wildman–Crippen MR) is 124 cm³/mol. The maximum Gasteiger partial charge on any atom is 0.246 e. The van der Waals surface area contributed by atoms with Gasteiger partial charge in [-0.1, -0.05) is 35.7 Å². The summed E-state index contributed by atoms with van der Waals surface area (Å²) >= 11 is 11.9. The Hall–Kier alpha value is -1.60. The Morgan fingerprint density at radius 2 is 1.94 bits per heavy atom. The van der Waals surface area contributed by atoms with Crippen molar-refractivity contribution in [3.8, 4) is 0 Å². The van der Waals surface area contributed by atoms with Gasteiger partial charge in [-0.3, -0.25) is 14.5 Å². The van der Waals surface area contributed by atoms with Crippen LogP contribution in [0.2, 0.25) is 10.0 Å². The van der Waals surface area contributed by atoms with E-state index >= 15 is 0 Å². The van der Waals surface area contributed by atoms with Crippen LogP contribution in [0.5, 0.6) is 0 Å². The molecule has 1 N–H and O–H groups in total. The van der Waals surface area contributed by atoms with E-state index in [4.69, 9.17) is 23.2 Å². The monoisotopic (exact) mass is 467 g/mol. The zero-order valence-corrected chi connectivity index (χ0v) is 19.3.